The molecule has 1 atom stereocenters. The molecule has 0 spiro atoms. The van der Waals surface area contributed by atoms with Crippen molar-refractivity contribution < 1.29 is 29.3 Å². The first-order chi connectivity index (χ1) is 15.4. The summed E-state index contributed by atoms with van der Waals surface area (Å²) in [5, 5.41) is 21.9. The number of ether oxygens (including phenoxy) is 2. The highest BCUT2D eigenvalue weighted by Gasteiger charge is 2.24. The molecule has 32 heavy (non-hydrogen) atoms. The van der Waals surface area contributed by atoms with Gasteiger partial charge in [0.05, 0.1) is 0 Å². The summed E-state index contributed by atoms with van der Waals surface area (Å²) in [6, 6.07) is 7.18. The monoisotopic (exact) mass is 439 g/mol. The van der Waals surface area contributed by atoms with Gasteiger partial charge in [-0.15, -0.1) is 0 Å². The van der Waals surface area contributed by atoms with Crippen LogP contribution >= 0.6 is 0 Å². The molecule has 1 aliphatic carbocycles. The Morgan fingerprint density at radius 1 is 1.22 bits per heavy atom. The standard InChI is InChI=1S/C25H29NO6/c1-15-11-21(26-23(28)13-24(29)30)19-3-2-4-20(19)25(15)32-18-7-8-22(27)17(12-18)6-5-16-9-10-31-14-16/h7-8,11-12,16,27H,2-6,9-10,13-14H2,1H3,(H,26,28)(H,29,30). The minimum Gasteiger partial charge on any atom is -0.508 e. The lowest BCUT2D eigenvalue weighted by Gasteiger charge is -2.18. The highest BCUT2D eigenvalue weighted by atomic mass is 16.5. The van der Waals surface area contributed by atoms with E-state index in [0.717, 1.165) is 79.7 Å². The van der Waals surface area contributed by atoms with Gasteiger partial charge in [0.1, 0.15) is 23.7 Å². The molecule has 0 saturated carbocycles. The molecule has 170 valence electrons. The quantitative estimate of drug-likeness (QED) is 0.528. The minimum absolute atomic E-state index is 0.273. The van der Waals surface area contributed by atoms with Crippen LogP contribution in [0.5, 0.6) is 17.2 Å². The number of fused-ring (bicyclic) bond motifs is 1. The third kappa shape index (κ3) is 5.05. The predicted molar refractivity (Wildman–Crippen MR) is 120 cm³/mol. The molecule has 7 heteroatoms. The van der Waals surface area contributed by atoms with E-state index in [0.29, 0.717) is 17.4 Å². The van der Waals surface area contributed by atoms with Gasteiger partial charge in [-0.1, -0.05) is 0 Å². The number of benzene rings is 2. The van der Waals surface area contributed by atoms with Crippen LogP contribution in [0.2, 0.25) is 0 Å². The molecule has 0 aromatic heterocycles. The van der Waals surface area contributed by atoms with Gasteiger partial charge in [-0.05, 0) is 92.3 Å². The fraction of sp³-hybridized carbons (Fsp3) is 0.440. The average molecular weight is 440 g/mol. The number of carboxylic acids is 1. The van der Waals surface area contributed by atoms with Crippen LogP contribution in [0.1, 0.15) is 47.9 Å². The largest absolute Gasteiger partial charge is 0.508 e. The normalized spacial score (nSPS) is 17.2. The molecule has 1 amide bonds. The molecule has 3 N–H and O–H groups in total. The van der Waals surface area contributed by atoms with Crippen molar-refractivity contribution in [1.82, 2.24) is 0 Å². The van der Waals surface area contributed by atoms with Gasteiger partial charge in [0.15, 0.2) is 0 Å². The van der Waals surface area contributed by atoms with Gasteiger partial charge in [0.2, 0.25) is 5.91 Å². The molecule has 1 aliphatic heterocycles. The van der Waals surface area contributed by atoms with Gasteiger partial charge in [-0.25, -0.2) is 0 Å². The molecule has 0 radical (unpaired) electrons. The highest BCUT2D eigenvalue weighted by molar-refractivity contribution is 6.02. The number of phenols is 1. The maximum Gasteiger partial charge on any atom is 0.312 e. The van der Waals surface area contributed by atoms with Crippen LogP contribution < -0.4 is 10.1 Å². The zero-order chi connectivity index (χ0) is 22.7. The van der Waals surface area contributed by atoms with E-state index in [1.165, 1.54) is 0 Å². The SMILES string of the molecule is Cc1cc(NC(=O)CC(=O)O)c2c(c1Oc1ccc(O)c(CCC3CCOC3)c1)CCC2. The van der Waals surface area contributed by atoms with Crippen LogP contribution in [0.3, 0.4) is 0 Å². The van der Waals surface area contributed by atoms with Gasteiger partial charge in [0.25, 0.3) is 0 Å². The molecule has 1 saturated heterocycles. The van der Waals surface area contributed by atoms with Crippen molar-refractivity contribution >= 4 is 17.6 Å². The second-order valence-electron chi connectivity index (χ2n) is 8.66. The summed E-state index contributed by atoms with van der Waals surface area (Å²) >= 11 is 0. The van der Waals surface area contributed by atoms with Crippen molar-refractivity contribution in [3.8, 4) is 17.2 Å². The van der Waals surface area contributed by atoms with Crippen molar-refractivity contribution in [2.45, 2.75) is 51.9 Å². The van der Waals surface area contributed by atoms with Crippen LogP contribution in [0.4, 0.5) is 5.69 Å². The summed E-state index contributed by atoms with van der Waals surface area (Å²) in [7, 11) is 0. The molecular formula is C25H29NO6. The molecule has 1 heterocycles. The van der Waals surface area contributed by atoms with Crippen molar-refractivity contribution in [2.75, 3.05) is 18.5 Å². The number of amides is 1. The number of hydrogen-bond donors (Lipinski definition) is 3. The molecule has 1 unspecified atom stereocenters. The average Bonchev–Trinajstić information content (AvgIpc) is 3.42. The van der Waals surface area contributed by atoms with Crippen LogP contribution in [-0.4, -0.2) is 35.3 Å². The summed E-state index contributed by atoms with van der Waals surface area (Å²) in [5.74, 6) is 0.563. The van der Waals surface area contributed by atoms with E-state index in [9.17, 15) is 14.7 Å². The van der Waals surface area contributed by atoms with E-state index in [1.54, 1.807) is 12.1 Å². The summed E-state index contributed by atoms with van der Waals surface area (Å²) < 4.78 is 11.7. The topological polar surface area (TPSA) is 105 Å². The van der Waals surface area contributed by atoms with Gasteiger partial charge >= 0.3 is 5.97 Å². The number of aliphatic carboxylic acids is 1. The van der Waals surface area contributed by atoms with E-state index in [-0.39, 0.29) is 5.75 Å². The van der Waals surface area contributed by atoms with Gasteiger partial charge < -0.3 is 25.0 Å². The maximum absolute atomic E-state index is 12.0. The number of rotatable bonds is 8. The first-order valence-corrected chi connectivity index (χ1v) is 11.1. The lowest BCUT2D eigenvalue weighted by atomic mass is 9.98. The van der Waals surface area contributed by atoms with Crippen LogP contribution in [0, 0.1) is 12.8 Å². The van der Waals surface area contributed by atoms with Crippen LogP contribution in [-0.2, 0) is 33.6 Å². The summed E-state index contributed by atoms with van der Waals surface area (Å²) in [5.41, 5.74) is 4.45. The van der Waals surface area contributed by atoms with E-state index < -0.39 is 18.3 Å². The number of aryl methyl sites for hydroxylation is 2. The predicted octanol–water partition coefficient (Wildman–Crippen LogP) is 4.36. The summed E-state index contributed by atoms with van der Waals surface area (Å²) in [6.07, 6.45) is 4.83. The number of carbonyl (C=O) groups excluding carboxylic acids is 1. The molecule has 0 bridgehead atoms. The van der Waals surface area contributed by atoms with Gasteiger partial charge in [-0.3, -0.25) is 9.59 Å². The van der Waals surface area contributed by atoms with Crippen LogP contribution in [0.15, 0.2) is 24.3 Å². The first kappa shape index (κ1) is 22.1. The fourth-order valence-corrected chi connectivity index (χ4v) is 4.60. The Labute approximate surface area is 187 Å². The molecule has 2 aromatic carbocycles. The number of carbonyl (C=O) groups is 2. The lowest BCUT2D eigenvalue weighted by Crippen LogP contribution is -2.17. The minimum atomic E-state index is -1.15. The van der Waals surface area contributed by atoms with Crippen molar-refractivity contribution in [3.05, 3.63) is 46.5 Å². The molecule has 2 aliphatic rings. The number of anilines is 1. The van der Waals surface area contributed by atoms with Crippen molar-refractivity contribution in [1.29, 1.82) is 0 Å². The highest BCUT2D eigenvalue weighted by Crippen LogP contribution is 2.41. The Balaban J connectivity index is 1.54. The summed E-state index contributed by atoms with van der Waals surface area (Å²) in [4.78, 5) is 22.8. The Hall–Kier alpha value is -3.06. The van der Waals surface area contributed by atoms with E-state index in [4.69, 9.17) is 14.6 Å². The van der Waals surface area contributed by atoms with E-state index in [1.807, 2.05) is 19.1 Å². The number of nitrogens with one attached hydrogen (secondary N) is 1. The number of phenolic OH excluding ortho intramolecular Hbond substituents is 1. The molecule has 4 rings (SSSR count). The number of hydrogen-bond acceptors (Lipinski definition) is 5. The van der Waals surface area contributed by atoms with E-state index in [2.05, 4.69) is 5.32 Å². The molecule has 1 fully saturated rings. The first-order valence-electron chi connectivity index (χ1n) is 11.1. The smallest absolute Gasteiger partial charge is 0.312 e. The van der Waals surface area contributed by atoms with Crippen molar-refractivity contribution in [3.63, 3.8) is 0 Å². The molecule has 2 aromatic rings. The second-order valence-corrected chi connectivity index (χ2v) is 8.66. The molecular weight excluding hydrogens is 410 g/mol. The van der Waals surface area contributed by atoms with Crippen molar-refractivity contribution in [2.24, 2.45) is 5.92 Å². The Morgan fingerprint density at radius 2 is 2.03 bits per heavy atom. The zero-order valence-corrected chi connectivity index (χ0v) is 18.3. The Morgan fingerprint density at radius 3 is 2.78 bits per heavy atom. The van der Waals surface area contributed by atoms with Crippen LogP contribution in [0.25, 0.3) is 0 Å². The second kappa shape index (κ2) is 9.61. The maximum atomic E-state index is 12.0. The summed E-state index contributed by atoms with van der Waals surface area (Å²) in [6.45, 7) is 3.52. The molecule has 7 nitrogen and oxygen atoms in total. The lowest BCUT2D eigenvalue weighted by molar-refractivity contribution is -0.139. The zero-order valence-electron chi connectivity index (χ0n) is 18.3. The third-order valence-electron chi connectivity index (χ3n) is 6.24. The Kier molecular flexibility index (Phi) is 6.65. The fourth-order valence-electron chi connectivity index (χ4n) is 4.60. The van der Waals surface area contributed by atoms with Gasteiger partial charge in [0, 0.05) is 24.5 Å². The third-order valence-corrected chi connectivity index (χ3v) is 6.24. The van der Waals surface area contributed by atoms with Gasteiger partial charge in [-0.2, -0.15) is 0 Å². The number of carboxylic acid groups (broad SMARTS) is 1. The number of aromatic hydroxyl groups is 1. The Bertz CT molecular complexity index is 1030. The van der Waals surface area contributed by atoms with E-state index >= 15 is 0 Å².